The van der Waals surface area contributed by atoms with Gasteiger partial charge in [0.05, 0.1) is 11.9 Å². The smallest absolute Gasteiger partial charge is 0.274 e. The number of anilines is 3. The number of hydrogen-bond acceptors (Lipinski definition) is 5. The Labute approximate surface area is 130 Å². The zero-order valence-electron chi connectivity index (χ0n) is 12.0. The van der Waals surface area contributed by atoms with Crippen molar-refractivity contribution in [1.29, 1.82) is 5.41 Å². The molecular weight excluding hydrogens is 334 g/mol. The van der Waals surface area contributed by atoms with Gasteiger partial charge in [-0.15, -0.1) is 0 Å². The Balaban J connectivity index is 2.43. The predicted octanol–water partition coefficient (Wildman–Crippen LogP) is 2.72. The Morgan fingerprint density at radius 3 is 2.71 bits per heavy atom. The third kappa shape index (κ3) is 3.30. The molecule has 0 aliphatic rings. The summed E-state index contributed by atoms with van der Waals surface area (Å²) in [5.41, 5.74) is 2.21. The van der Waals surface area contributed by atoms with E-state index in [1.54, 1.807) is 45.5 Å². The monoisotopic (exact) mass is 349 g/mol. The van der Waals surface area contributed by atoms with Crippen LogP contribution in [0.2, 0.25) is 0 Å². The minimum Gasteiger partial charge on any atom is -0.386 e. The molecule has 0 saturated heterocycles. The minimum absolute atomic E-state index is 0.147. The largest absolute Gasteiger partial charge is 0.386 e. The fraction of sp³-hybridized carbons (Fsp3) is 0.214. The average Bonchev–Trinajstić information content (AvgIpc) is 2.44. The molecule has 2 heterocycles. The van der Waals surface area contributed by atoms with Gasteiger partial charge in [-0.25, -0.2) is 4.98 Å². The van der Waals surface area contributed by atoms with E-state index >= 15 is 0 Å². The van der Waals surface area contributed by atoms with Crippen molar-refractivity contribution in [3.8, 4) is 0 Å². The molecule has 0 aliphatic heterocycles. The number of hydrogen-bond donors (Lipinski definition) is 3. The fourth-order valence-corrected chi connectivity index (χ4v) is 2.47. The molecule has 0 aliphatic carbocycles. The number of nitrogens with zero attached hydrogens (tertiary/aromatic N) is 2. The first-order chi connectivity index (χ1) is 9.92. The minimum atomic E-state index is -0.147. The van der Waals surface area contributed by atoms with Crippen LogP contribution < -0.4 is 16.2 Å². The molecule has 110 valence electrons. The summed E-state index contributed by atoms with van der Waals surface area (Å²) in [5.74, 6) is 0.519. The second kappa shape index (κ2) is 6.09. The molecule has 0 radical (unpaired) electrons. The summed E-state index contributed by atoms with van der Waals surface area (Å²) in [5, 5.41) is 13.8. The molecule has 0 spiro atoms. The van der Waals surface area contributed by atoms with Gasteiger partial charge >= 0.3 is 0 Å². The van der Waals surface area contributed by atoms with Crippen molar-refractivity contribution >= 4 is 38.8 Å². The second-order valence-corrected chi connectivity index (χ2v) is 5.52. The van der Waals surface area contributed by atoms with Gasteiger partial charge in [-0.1, -0.05) is 0 Å². The van der Waals surface area contributed by atoms with Gasteiger partial charge in [0.25, 0.3) is 5.56 Å². The van der Waals surface area contributed by atoms with E-state index < -0.39 is 0 Å². The quantitative estimate of drug-likeness (QED) is 0.741. The van der Waals surface area contributed by atoms with Crippen LogP contribution in [0.3, 0.4) is 0 Å². The van der Waals surface area contributed by atoms with Crippen molar-refractivity contribution < 1.29 is 0 Å². The van der Waals surface area contributed by atoms with Gasteiger partial charge < -0.3 is 20.6 Å². The van der Waals surface area contributed by atoms with Gasteiger partial charge in [-0.2, -0.15) is 0 Å². The molecule has 2 aromatic rings. The lowest BCUT2D eigenvalue weighted by molar-refractivity contribution is 0.858. The number of pyridine rings is 2. The molecule has 0 saturated carbocycles. The number of rotatable bonds is 4. The van der Waals surface area contributed by atoms with Crippen LogP contribution in [-0.4, -0.2) is 22.3 Å². The third-order valence-corrected chi connectivity index (χ3v) is 3.42. The van der Waals surface area contributed by atoms with E-state index in [0.29, 0.717) is 17.2 Å². The molecule has 7 heteroatoms. The van der Waals surface area contributed by atoms with Crippen molar-refractivity contribution in [2.45, 2.75) is 6.92 Å². The molecule has 2 rings (SSSR count). The van der Waals surface area contributed by atoms with E-state index in [1.807, 2.05) is 0 Å². The van der Waals surface area contributed by atoms with Crippen molar-refractivity contribution in [2.24, 2.45) is 7.05 Å². The van der Waals surface area contributed by atoms with Crippen molar-refractivity contribution in [3.05, 3.63) is 44.9 Å². The summed E-state index contributed by atoms with van der Waals surface area (Å²) in [7, 11) is 3.46. The highest BCUT2D eigenvalue weighted by Gasteiger charge is 2.09. The maximum atomic E-state index is 12.1. The van der Waals surface area contributed by atoms with Gasteiger partial charge in [-0.3, -0.25) is 4.79 Å². The molecule has 6 nitrogen and oxygen atoms in total. The summed E-state index contributed by atoms with van der Waals surface area (Å²) in [4.78, 5) is 16.3. The summed E-state index contributed by atoms with van der Waals surface area (Å²) in [6.45, 7) is 1.71. The highest BCUT2D eigenvalue weighted by Crippen LogP contribution is 2.21. The van der Waals surface area contributed by atoms with Crippen LogP contribution in [-0.2, 0) is 7.05 Å². The standard InChI is InChI=1S/C14H16BrN5O/c1-8(16)10-5-13(18-6-12(10)17-2)19-11-4-9(15)7-20(3)14(11)21/h4-7,16-17H,1-3H3,(H,18,19). The zero-order valence-corrected chi connectivity index (χ0v) is 13.6. The molecule has 0 fully saturated rings. The van der Waals surface area contributed by atoms with Crippen LogP contribution in [0.4, 0.5) is 17.2 Å². The van der Waals surface area contributed by atoms with E-state index in [2.05, 4.69) is 31.5 Å². The Kier molecular flexibility index (Phi) is 4.42. The Hall–Kier alpha value is -2.15. The number of aromatic nitrogens is 2. The topological polar surface area (TPSA) is 82.8 Å². The number of aryl methyl sites for hydroxylation is 1. The van der Waals surface area contributed by atoms with Gasteiger partial charge in [0.1, 0.15) is 11.5 Å². The Morgan fingerprint density at radius 2 is 2.10 bits per heavy atom. The van der Waals surface area contributed by atoms with E-state index in [4.69, 9.17) is 5.41 Å². The molecule has 2 aromatic heterocycles. The predicted molar refractivity (Wildman–Crippen MR) is 89.0 cm³/mol. The summed E-state index contributed by atoms with van der Waals surface area (Å²) in [6, 6.07) is 3.45. The maximum Gasteiger partial charge on any atom is 0.274 e. The molecule has 21 heavy (non-hydrogen) atoms. The summed E-state index contributed by atoms with van der Waals surface area (Å²) in [6.07, 6.45) is 3.33. The van der Waals surface area contributed by atoms with Gasteiger partial charge in [0.15, 0.2) is 0 Å². The first-order valence-electron chi connectivity index (χ1n) is 6.29. The summed E-state index contributed by atoms with van der Waals surface area (Å²) < 4.78 is 2.28. The Morgan fingerprint density at radius 1 is 1.38 bits per heavy atom. The van der Waals surface area contributed by atoms with Crippen LogP contribution >= 0.6 is 15.9 Å². The lowest BCUT2D eigenvalue weighted by Gasteiger charge is -2.11. The van der Waals surface area contributed by atoms with E-state index in [-0.39, 0.29) is 5.56 Å². The summed E-state index contributed by atoms with van der Waals surface area (Å²) >= 11 is 3.36. The van der Waals surface area contributed by atoms with Gasteiger partial charge in [-0.05, 0) is 35.0 Å². The SMILES string of the molecule is CNc1cnc(Nc2cc(Br)cn(C)c2=O)cc1C(C)=N. The second-order valence-electron chi connectivity index (χ2n) is 4.60. The first-order valence-corrected chi connectivity index (χ1v) is 7.08. The van der Waals surface area contributed by atoms with Crippen molar-refractivity contribution in [3.63, 3.8) is 0 Å². The van der Waals surface area contributed by atoms with Crippen molar-refractivity contribution in [1.82, 2.24) is 9.55 Å². The van der Waals surface area contributed by atoms with E-state index in [9.17, 15) is 4.79 Å². The number of nitrogens with one attached hydrogen (secondary N) is 3. The van der Waals surface area contributed by atoms with Crippen LogP contribution in [0, 0.1) is 5.41 Å². The van der Waals surface area contributed by atoms with Crippen molar-refractivity contribution in [2.75, 3.05) is 17.7 Å². The molecule has 3 N–H and O–H groups in total. The third-order valence-electron chi connectivity index (χ3n) is 2.99. The molecule has 0 unspecified atom stereocenters. The molecule has 0 aromatic carbocycles. The average molecular weight is 350 g/mol. The van der Waals surface area contributed by atoms with Crippen LogP contribution in [0.5, 0.6) is 0 Å². The highest BCUT2D eigenvalue weighted by molar-refractivity contribution is 9.10. The normalized spacial score (nSPS) is 10.3. The fourth-order valence-electron chi connectivity index (χ4n) is 1.93. The first kappa shape index (κ1) is 15.2. The van der Waals surface area contributed by atoms with E-state index in [0.717, 1.165) is 15.7 Å². The van der Waals surface area contributed by atoms with Gasteiger partial charge in [0.2, 0.25) is 0 Å². The maximum absolute atomic E-state index is 12.1. The highest BCUT2D eigenvalue weighted by atomic mass is 79.9. The van der Waals surface area contributed by atoms with Crippen LogP contribution in [0.1, 0.15) is 12.5 Å². The van der Waals surface area contributed by atoms with Gasteiger partial charge in [0, 0.05) is 36.0 Å². The van der Waals surface area contributed by atoms with Crippen LogP contribution in [0.25, 0.3) is 0 Å². The zero-order chi connectivity index (χ0) is 15.6. The Bertz CT molecular complexity index is 754. The number of halogens is 1. The van der Waals surface area contributed by atoms with Crippen LogP contribution in [0.15, 0.2) is 33.8 Å². The molecule has 0 amide bonds. The lowest BCUT2D eigenvalue weighted by atomic mass is 10.1. The molecule has 0 atom stereocenters. The molecular formula is C14H16BrN5O. The lowest BCUT2D eigenvalue weighted by Crippen LogP contribution is -2.19. The molecule has 0 bridgehead atoms. The van der Waals surface area contributed by atoms with E-state index in [1.165, 1.54) is 4.57 Å².